The minimum absolute atomic E-state index is 0.00990. The Balaban J connectivity index is 1.20. The van der Waals surface area contributed by atoms with E-state index in [4.69, 9.17) is 5.73 Å². The number of hydrogen-bond donors (Lipinski definition) is 2. The molecule has 5 rings (SSSR count). The third-order valence-electron chi connectivity index (χ3n) is 8.05. The molecule has 43 heavy (non-hydrogen) atoms. The number of allylic oxidation sites excluding steroid dienone is 1. The molecule has 0 unspecified atom stereocenters. The van der Waals surface area contributed by atoms with Crippen molar-refractivity contribution in [3.8, 4) is 6.07 Å². The smallest absolute Gasteiger partial charge is 0.389 e. The number of halogens is 3. The highest BCUT2D eigenvalue weighted by molar-refractivity contribution is 5.89. The zero-order valence-corrected chi connectivity index (χ0v) is 23.8. The van der Waals surface area contributed by atoms with Gasteiger partial charge in [0, 0.05) is 83.3 Å². The van der Waals surface area contributed by atoms with Gasteiger partial charge < -0.3 is 30.7 Å². The maximum Gasteiger partial charge on any atom is 0.389 e. The molecule has 3 N–H and O–H groups in total. The van der Waals surface area contributed by atoms with Gasteiger partial charge in [0.05, 0.1) is 29.3 Å². The third-order valence-corrected chi connectivity index (χ3v) is 8.05. The minimum Gasteiger partial charge on any atom is -0.403 e. The topological polar surface area (TPSA) is 151 Å². The zero-order valence-electron chi connectivity index (χ0n) is 23.8. The Morgan fingerprint density at radius 1 is 1.23 bits per heavy atom. The molecule has 0 radical (unpaired) electrons. The van der Waals surface area contributed by atoms with Crippen LogP contribution in [0.2, 0.25) is 0 Å². The molecule has 0 spiro atoms. The number of carbonyl (C=O) groups is 2. The lowest BCUT2D eigenvalue weighted by molar-refractivity contribution is -0.168. The van der Waals surface area contributed by atoms with Crippen molar-refractivity contribution in [2.75, 3.05) is 76.2 Å². The van der Waals surface area contributed by atoms with Crippen molar-refractivity contribution in [1.29, 1.82) is 5.26 Å². The Labute approximate surface area is 246 Å². The van der Waals surface area contributed by atoms with E-state index in [1.165, 1.54) is 17.3 Å². The fourth-order valence-corrected chi connectivity index (χ4v) is 5.67. The number of likely N-dealkylation sites (N-methyl/N-ethyl adjacent to an activating group) is 1. The maximum atomic E-state index is 13.2. The number of hydrogen-bond acceptors (Lipinski definition) is 10. The van der Waals surface area contributed by atoms with Crippen LogP contribution in [0.4, 0.5) is 24.8 Å². The molecule has 3 aliphatic heterocycles. The van der Waals surface area contributed by atoms with Gasteiger partial charge in [-0.05, 0) is 19.2 Å². The molecule has 3 aliphatic rings. The van der Waals surface area contributed by atoms with Crippen LogP contribution in [-0.4, -0.2) is 119 Å². The van der Waals surface area contributed by atoms with Gasteiger partial charge in [-0.25, -0.2) is 4.52 Å². The summed E-state index contributed by atoms with van der Waals surface area (Å²) in [6.45, 7) is 3.53. The van der Waals surface area contributed by atoms with Crippen molar-refractivity contribution in [2.24, 2.45) is 22.1 Å². The third kappa shape index (κ3) is 6.66. The summed E-state index contributed by atoms with van der Waals surface area (Å²) in [6.07, 6.45) is -0.761. The number of nitriles is 1. The summed E-state index contributed by atoms with van der Waals surface area (Å²) < 4.78 is 39.7. The SMILES string of the molecule is CN1CCN(C(=O)CN=CC(=CN)Nc2nc3c(N4CC(CC#N)(C(=O)N5CC(CC(F)(F)F)C5)C4)cccn3n2)CC1. The van der Waals surface area contributed by atoms with Gasteiger partial charge in [-0.3, -0.25) is 14.6 Å². The number of pyridine rings is 1. The van der Waals surface area contributed by atoms with E-state index in [1.807, 2.05) is 18.0 Å². The number of aromatic nitrogens is 3. The first-order valence-electron chi connectivity index (χ1n) is 14.0. The highest BCUT2D eigenvalue weighted by Crippen LogP contribution is 2.42. The van der Waals surface area contributed by atoms with Gasteiger partial charge in [-0.2, -0.15) is 23.4 Å². The van der Waals surface area contributed by atoms with E-state index >= 15 is 0 Å². The molecule has 13 nitrogen and oxygen atoms in total. The number of nitrogens with zero attached hydrogens (tertiary/aromatic N) is 9. The van der Waals surface area contributed by atoms with Crippen LogP contribution in [0.1, 0.15) is 12.8 Å². The Kier molecular flexibility index (Phi) is 8.45. The Bertz CT molecular complexity index is 1440. The van der Waals surface area contributed by atoms with Crippen LogP contribution in [0, 0.1) is 22.7 Å². The highest BCUT2D eigenvalue weighted by Gasteiger charge is 2.54. The number of aliphatic imine (C=N–C) groups is 1. The molecule has 5 heterocycles. The lowest BCUT2D eigenvalue weighted by Gasteiger charge is -2.53. The first-order valence-corrected chi connectivity index (χ1v) is 14.0. The molecule has 0 aliphatic carbocycles. The van der Waals surface area contributed by atoms with Gasteiger partial charge in [0.15, 0.2) is 5.65 Å². The van der Waals surface area contributed by atoms with E-state index < -0.39 is 23.9 Å². The number of alkyl halides is 3. The van der Waals surface area contributed by atoms with Gasteiger partial charge >= 0.3 is 6.18 Å². The summed E-state index contributed by atoms with van der Waals surface area (Å²) in [6, 6.07) is 5.67. The lowest BCUT2D eigenvalue weighted by atomic mass is 9.74. The van der Waals surface area contributed by atoms with E-state index in [1.54, 1.807) is 21.7 Å². The van der Waals surface area contributed by atoms with Crippen LogP contribution >= 0.6 is 0 Å². The number of carbonyl (C=O) groups excluding carboxylic acids is 2. The number of fused-ring (bicyclic) bond motifs is 1. The Hall–Kier alpha value is -4.39. The molecule has 0 saturated carbocycles. The molecule has 0 atom stereocenters. The predicted molar refractivity (Wildman–Crippen MR) is 152 cm³/mol. The average Bonchev–Trinajstić information content (AvgIpc) is 3.34. The van der Waals surface area contributed by atoms with Gasteiger partial charge in [-0.1, -0.05) is 0 Å². The fraction of sp³-hybridized carbons (Fsp3) is 0.556. The van der Waals surface area contributed by atoms with E-state index in [0.29, 0.717) is 30.1 Å². The second-order valence-corrected chi connectivity index (χ2v) is 11.4. The molecule has 3 saturated heterocycles. The lowest BCUT2D eigenvalue weighted by Crippen LogP contribution is -2.67. The largest absolute Gasteiger partial charge is 0.403 e. The first-order chi connectivity index (χ1) is 20.5. The van der Waals surface area contributed by atoms with Crippen LogP contribution in [-0.2, 0) is 9.59 Å². The fourth-order valence-electron chi connectivity index (χ4n) is 5.67. The van der Waals surface area contributed by atoms with Crippen LogP contribution in [0.3, 0.4) is 0 Å². The monoisotopic (exact) mass is 601 g/mol. The number of piperazine rings is 1. The summed E-state index contributed by atoms with van der Waals surface area (Å²) in [5, 5.41) is 16.9. The number of anilines is 2. The standard InChI is InChI=1S/C27H34F3N11O2/c1-37-7-9-38(10-8-37)22(42)14-33-13-20(12-32)34-25-35-23-21(3-2-6-41(23)36-25)40-17-26(18-40,4-5-31)24(43)39-15-19(16-39)11-27(28,29)30/h2-3,6,12-13,19H,4,7-11,14-18,32H2,1H3,(H,34,36). The molecule has 230 valence electrons. The molecule has 0 bridgehead atoms. The second-order valence-electron chi connectivity index (χ2n) is 11.4. The summed E-state index contributed by atoms with van der Waals surface area (Å²) in [5.41, 5.74) is 6.35. The molecule has 2 aromatic heterocycles. The summed E-state index contributed by atoms with van der Waals surface area (Å²) >= 11 is 0. The quantitative estimate of drug-likeness (QED) is 0.400. The average molecular weight is 602 g/mol. The predicted octanol–water partition coefficient (Wildman–Crippen LogP) is 0.917. The molecule has 0 aromatic carbocycles. The molecule has 2 aromatic rings. The molecular formula is C27H34F3N11O2. The second kappa shape index (κ2) is 12.1. The molecule has 16 heteroatoms. The van der Waals surface area contributed by atoms with Crippen molar-refractivity contribution < 1.29 is 22.8 Å². The number of amides is 2. The molecule has 3 fully saturated rings. The van der Waals surface area contributed by atoms with Crippen molar-refractivity contribution in [3.05, 3.63) is 30.2 Å². The van der Waals surface area contributed by atoms with Crippen LogP contribution in [0.25, 0.3) is 5.65 Å². The zero-order chi connectivity index (χ0) is 30.8. The van der Waals surface area contributed by atoms with Crippen LogP contribution in [0.15, 0.2) is 35.2 Å². The summed E-state index contributed by atoms with van der Waals surface area (Å²) in [5.74, 6) is -0.725. The van der Waals surface area contributed by atoms with E-state index in [0.717, 1.165) is 13.1 Å². The van der Waals surface area contributed by atoms with Crippen molar-refractivity contribution in [1.82, 2.24) is 29.3 Å². The van der Waals surface area contributed by atoms with Crippen molar-refractivity contribution >= 4 is 35.3 Å². The number of rotatable bonds is 9. The highest BCUT2D eigenvalue weighted by atomic mass is 19.4. The van der Waals surface area contributed by atoms with Crippen LogP contribution < -0.4 is 16.0 Å². The summed E-state index contributed by atoms with van der Waals surface area (Å²) in [4.78, 5) is 41.7. The van der Waals surface area contributed by atoms with E-state index in [-0.39, 0.29) is 56.9 Å². The van der Waals surface area contributed by atoms with E-state index in [9.17, 15) is 28.0 Å². The molecular weight excluding hydrogens is 567 g/mol. The maximum absolute atomic E-state index is 13.2. The van der Waals surface area contributed by atoms with Gasteiger partial charge in [0.1, 0.15) is 6.54 Å². The van der Waals surface area contributed by atoms with Gasteiger partial charge in [0.2, 0.25) is 17.8 Å². The number of nitrogens with two attached hydrogens (primary N) is 1. The molecule has 2 amide bonds. The Morgan fingerprint density at radius 2 is 1.95 bits per heavy atom. The Morgan fingerprint density at radius 3 is 2.60 bits per heavy atom. The van der Waals surface area contributed by atoms with Crippen molar-refractivity contribution in [2.45, 2.75) is 19.0 Å². The number of likely N-dealkylation sites (tertiary alicyclic amines) is 1. The summed E-state index contributed by atoms with van der Waals surface area (Å²) in [7, 11) is 2.02. The minimum atomic E-state index is -4.26. The van der Waals surface area contributed by atoms with Crippen LogP contribution in [0.5, 0.6) is 0 Å². The van der Waals surface area contributed by atoms with Gasteiger partial charge in [0.25, 0.3) is 0 Å². The number of nitrogens with one attached hydrogen (secondary N) is 1. The van der Waals surface area contributed by atoms with Crippen molar-refractivity contribution in [3.63, 3.8) is 0 Å². The first kappa shape index (κ1) is 30.1. The van der Waals surface area contributed by atoms with E-state index in [2.05, 4.69) is 31.4 Å². The van der Waals surface area contributed by atoms with Gasteiger partial charge in [-0.15, -0.1) is 5.10 Å². The normalized spacial score (nSPS) is 19.8.